The Morgan fingerprint density at radius 1 is 1.39 bits per heavy atom. The average Bonchev–Trinajstić information content (AvgIpc) is 2.88. The Bertz CT molecular complexity index is 661. The van der Waals surface area contributed by atoms with E-state index in [0.717, 1.165) is 16.8 Å². The van der Waals surface area contributed by atoms with Crippen LogP contribution in [0.25, 0.3) is 0 Å². The molecule has 0 radical (unpaired) electrons. The number of aromatic nitrogens is 2. The lowest BCUT2D eigenvalue weighted by Crippen LogP contribution is -2.36. The molecule has 0 aliphatic rings. The molecule has 0 saturated carbocycles. The Labute approximate surface area is 137 Å². The van der Waals surface area contributed by atoms with E-state index in [0.29, 0.717) is 13.1 Å². The topological polar surface area (TPSA) is 50.2 Å². The van der Waals surface area contributed by atoms with Gasteiger partial charge in [-0.1, -0.05) is 36.4 Å². The lowest BCUT2D eigenvalue weighted by molar-refractivity contribution is -0.131. The van der Waals surface area contributed by atoms with Crippen LogP contribution in [0.4, 0.5) is 0 Å². The number of carbonyl (C=O) groups is 1. The van der Waals surface area contributed by atoms with E-state index in [2.05, 4.69) is 17.0 Å². The molecule has 1 amide bonds. The normalized spacial score (nSPS) is 12.0. The van der Waals surface area contributed by atoms with Crippen molar-refractivity contribution in [3.63, 3.8) is 0 Å². The monoisotopic (exact) mass is 312 g/mol. The smallest absolute Gasteiger partial charge is 0.243 e. The maximum atomic E-state index is 12.5. The molecule has 2 aromatic rings. The third-order valence-electron chi connectivity index (χ3n) is 3.68. The molecule has 5 nitrogen and oxygen atoms in total. The van der Waals surface area contributed by atoms with Gasteiger partial charge in [0.15, 0.2) is 0 Å². The standard InChI is InChI=1S/C18H24N4O/c1-5-11-22-13-16(14(2)20-22)12-19-17(18(23)21(3)4)15-9-7-6-8-10-15/h5-10,13,17,19H,1,11-12H2,2-4H3. The molecule has 0 spiro atoms. The number of rotatable bonds is 7. The molecule has 1 aromatic heterocycles. The molecule has 1 atom stereocenters. The Kier molecular flexibility index (Phi) is 5.71. The number of nitrogens with zero attached hydrogens (tertiary/aromatic N) is 3. The second-order valence-corrected chi connectivity index (χ2v) is 5.71. The van der Waals surface area contributed by atoms with Crippen LogP contribution in [-0.4, -0.2) is 34.7 Å². The van der Waals surface area contributed by atoms with Crippen LogP contribution in [0.2, 0.25) is 0 Å². The summed E-state index contributed by atoms with van der Waals surface area (Å²) in [4.78, 5) is 14.1. The number of benzene rings is 1. The van der Waals surface area contributed by atoms with Crippen LogP contribution in [0.5, 0.6) is 0 Å². The van der Waals surface area contributed by atoms with Gasteiger partial charge in [-0.3, -0.25) is 14.8 Å². The van der Waals surface area contributed by atoms with E-state index < -0.39 is 0 Å². The van der Waals surface area contributed by atoms with Crippen LogP contribution in [-0.2, 0) is 17.9 Å². The number of aryl methyl sites for hydroxylation is 1. The molecule has 1 N–H and O–H groups in total. The highest BCUT2D eigenvalue weighted by Crippen LogP contribution is 2.16. The number of allylic oxidation sites excluding steroid dienone is 1. The zero-order valence-electron chi connectivity index (χ0n) is 14.0. The Morgan fingerprint density at radius 2 is 2.09 bits per heavy atom. The number of hydrogen-bond donors (Lipinski definition) is 1. The van der Waals surface area contributed by atoms with E-state index in [1.54, 1.807) is 19.0 Å². The molecule has 0 aliphatic carbocycles. The van der Waals surface area contributed by atoms with Gasteiger partial charge in [0.05, 0.1) is 12.2 Å². The maximum absolute atomic E-state index is 12.5. The third-order valence-corrected chi connectivity index (χ3v) is 3.68. The summed E-state index contributed by atoms with van der Waals surface area (Å²) in [7, 11) is 3.54. The largest absolute Gasteiger partial charge is 0.347 e. The minimum Gasteiger partial charge on any atom is -0.347 e. The van der Waals surface area contributed by atoms with Crippen LogP contribution in [0.15, 0.2) is 49.2 Å². The Balaban J connectivity index is 2.15. The van der Waals surface area contributed by atoms with Gasteiger partial charge in [0.2, 0.25) is 5.91 Å². The summed E-state index contributed by atoms with van der Waals surface area (Å²) in [5, 5.41) is 7.80. The SMILES string of the molecule is C=CCn1cc(CNC(C(=O)N(C)C)c2ccccc2)c(C)n1. The molecule has 122 valence electrons. The van der Waals surface area contributed by atoms with Gasteiger partial charge in [-0.05, 0) is 12.5 Å². The number of amides is 1. The fraction of sp³-hybridized carbons (Fsp3) is 0.333. The average molecular weight is 312 g/mol. The van der Waals surface area contributed by atoms with Gasteiger partial charge >= 0.3 is 0 Å². The number of nitrogens with one attached hydrogen (secondary N) is 1. The van der Waals surface area contributed by atoms with Gasteiger partial charge in [0, 0.05) is 32.4 Å². The van der Waals surface area contributed by atoms with Gasteiger partial charge in [-0.15, -0.1) is 6.58 Å². The highest BCUT2D eigenvalue weighted by atomic mass is 16.2. The van der Waals surface area contributed by atoms with E-state index in [1.807, 2.05) is 54.2 Å². The predicted octanol–water partition coefficient (Wildman–Crippen LogP) is 2.30. The number of carbonyl (C=O) groups excluding carboxylic acids is 1. The zero-order valence-corrected chi connectivity index (χ0v) is 14.0. The van der Waals surface area contributed by atoms with Crippen molar-refractivity contribution < 1.29 is 4.79 Å². The van der Waals surface area contributed by atoms with Crippen molar-refractivity contribution in [2.75, 3.05) is 14.1 Å². The summed E-state index contributed by atoms with van der Waals surface area (Å²) in [5.41, 5.74) is 3.00. The first-order valence-corrected chi connectivity index (χ1v) is 7.66. The molecule has 0 fully saturated rings. The van der Waals surface area contributed by atoms with E-state index >= 15 is 0 Å². The third kappa shape index (κ3) is 4.29. The number of hydrogen-bond acceptors (Lipinski definition) is 3. The van der Waals surface area contributed by atoms with E-state index in [9.17, 15) is 4.79 Å². The molecule has 1 unspecified atom stereocenters. The first-order chi connectivity index (χ1) is 11.0. The lowest BCUT2D eigenvalue weighted by Gasteiger charge is -2.22. The van der Waals surface area contributed by atoms with Crippen molar-refractivity contribution in [2.45, 2.75) is 26.1 Å². The second kappa shape index (κ2) is 7.74. The van der Waals surface area contributed by atoms with Crippen molar-refractivity contribution in [3.05, 3.63) is 66.0 Å². The Hall–Kier alpha value is -2.40. The Morgan fingerprint density at radius 3 is 2.70 bits per heavy atom. The molecule has 0 saturated heterocycles. The summed E-state index contributed by atoms with van der Waals surface area (Å²) >= 11 is 0. The maximum Gasteiger partial charge on any atom is 0.243 e. The molecule has 1 aromatic carbocycles. The van der Waals surface area contributed by atoms with Crippen LogP contribution in [0.1, 0.15) is 22.9 Å². The summed E-state index contributed by atoms with van der Waals surface area (Å²) in [5.74, 6) is 0.0346. The summed E-state index contributed by atoms with van der Waals surface area (Å²) in [6.45, 7) is 6.96. The van der Waals surface area contributed by atoms with Crippen LogP contribution < -0.4 is 5.32 Å². The highest BCUT2D eigenvalue weighted by molar-refractivity contribution is 5.82. The van der Waals surface area contributed by atoms with E-state index in [4.69, 9.17) is 0 Å². The lowest BCUT2D eigenvalue weighted by atomic mass is 10.1. The van der Waals surface area contributed by atoms with E-state index in [-0.39, 0.29) is 11.9 Å². The van der Waals surface area contributed by atoms with Crippen molar-refractivity contribution in [1.82, 2.24) is 20.0 Å². The fourth-order valence-electron chi connectivity index (χ4n) is 2.42. The summed E-state index contributed by atoms with van der Waals surface area (Å²) in [6, 6.07) is 9.40. The van der Waals surface area contributed by atoms with Crippen molar-refractivity contribution >= 4 is 5.91 Å². The van der Waals surface area contributed by atoms with Crippen molar-refractivity contribution in [3.8, 4) is 0 Å². The molecule has 23 heavy (non-hydrogen) atoms. The highest BCUT2D eigenvalue weighted by Gasteiger charge is 2.22. The molecule has 1 heterocycles. The van der Waals surface area contributed by atoms with Gasteiger partial charge < -0.3 is 4.90 Å². The molecule has 5 heteroatoms. The minimum absolute atomic E-state index is 0.0346. The molecular formula is C18H24N4O. The van der Waals surface area contributed by atoms with Gasteiger partial charge in [-0.25, -0.2) is 0 Å². The first kappa shape index (κ1) is 17.0. The van der Waals surface area contributed by atoms with Gasteiger partial charge in [0.25, 0.3) is 0 Å². The predicted molar refractivity (Wildman–Crippen MR) is 91.9 cm³/mol. The van der Waals surface area contributed by atoms with Crippen LogP contribution >= 0.6 is 0 Å². The van der Waals surface area contributed by atoms with E-state index in [1.165, 1.54) is 0 Å². The van der Waals surface area contributed by atoms with Crippen molar-refractivity contribution in [2.24, 2.45) is 0 Å². The summed E-state index contributed by atoms with van der Waals surface area (Å²) < 4.78 is 1.85. The van der Waals surface area contributed by atoms with Crippen molar-refractivity contribution in [1.29, 1.82) is 0 Å². The van der Waals surface area contributed by atoms with Gasteiger partial charge in [-0.2, -0.15) is 5.10 Å². The summed E-state index contributed by atoms with van der Waals surface area (Å²) in [6.07, 6.45) is 3.80. The second-order valence-electron chi connectivity index (χ2n) is 5.71. The van der Waals surface area contributed by atoms with Crippen LogP contribution in [0, 0.1) is 6.92 Å². The molecule has 2 rings (SSSR count). The molecular weight excluding hydrogens is 288 g/mol. The minimum atomic E-state index is -0.367. The molecule has 0 bridgehead atoms. The van der Waals surface area contributed by atoms with Gasteiger partial charge in [0.1, 0.15) is 6.04 Å². The molecule has 0 aliphatic heterocycles. The number of likely N-dealkylation sites (N-methyl/N-ethyl adjacent to an activating group) is 1. The zero-order chi connectivity index (χ0) is 16.8. The van der Waals surface area contributed by atoms with Crippen LogP contribution in [0.3, 0.4) is 0 Å². The first-order valence-electron chi connectivity index (χ1n) is 7.66. The fourth-order valence-corrected chi connectivity index (χ4v) is 2.42. The quantitative estimate of drug-likeness (QED) is 0.798.